The molecule has 0 bridgehead atoms. The summed E-state index contributed by atoms with van der Waals surface area (Å²) in [6.07, 6.45) is 0.681. The lowest BCUT2D eigenvalue weighted by Crippen LogP contribution is -2.41. The van der Waals surface area contributed by atoms with Gasteiger partial charge < -0.3 is 5.73 Å². The summed E-state index contributed by atoms with van der Waals surface area (Å²) in [5.41, 5.74) is 6.32. The van der Waals surface area contributed by atoms with Crippen LogP contribution in [0.15, 0.2) is 24.3 Å². The number of hydrogen-bond donors (Lipinski definition) is 2. The van der Waals surface area contributed by atoms with Gasteiger partial charge in [0.25, 0.3) is 0 Å². The number of primary amides is 1. The van der Waals surface area contributed by atoms with Gasteiger partial charge in [0.15, 0.2) is 0 Å². The maximum atomic E-state index is 11.1. The molecule has 1 aromatic carbocycles. The lowest BCUT2D eigenvalue weighted by molar-refractivity contribution is -0.120. The summed E-state index contributed by atoms with van der Waals surface area (Å²) in [7, 11) is 0. The third-order valence-electron chi connectivity index (χ3n) is 2.55. The van der Waals surface area contributed by atoms with Gasteiger partial charge in [-0.3, -0.25) is 10.1 Å². The lowest BCUT2D eigenvalue weighted by Gasteiger charge is -2.20. The van der Waals surface area contributed by atoms with Gasteiger partial charge in [-0.2, -0.15) is 0 Å². The van der Waals surface area contributed by atoms with Crippen molar-refractivity contribution < 1.29 is 4.79 Å². The Morgan fingerprint density at radius 2 is 2.25 bits per heavy atom. The predicted molar refractivity (Wildman–Crippen MR) is 66.3 cm³/mol. The average Bonchev–Trinajstić information content (AvgIpc) is 2.25. The molecule has 0 fully saturated rings. The van der Waals surface area contributed by atoms with Crippen molar-refractivity contribution >= 4 is 17.5 Å². The highest BCUT2D eigenvalue weighted by molar-refractivity contribution is 6.30. The van der Waals surface area contributed by atoms with E-state index < -0.39 is 0 Å². The standard InChI is InChI=1S/C12H17ClN2O/c1-3-11(12(14)16)15-8(2)9-5-4-6-10(13)7-9/h4-8,11,15H,3H2,1-2H3,(H2,14,16)/t8-,11?/m1/s1. The van der Waals surface area contributed by atoms with Crippen molar-refractivity contribution in [3.63, 3.8) is 0 Å². The maximum absolute atomic E-state index is 11.1. The Labute approximate surface area is 101 Å². The molecule has 2 atom stereocenters. The van der Waals surface area contributed by atoms with Crippen molar-refractivity contribution in [1.29, 1.82) is 0 Å². The van der Waals surface area contributed by atoms with Crippen LogP contribution in [-0.2, 0) is 4.79 Å². The summed E-state index contributed by atoms with van der Waals surface area (Å²) in [4.78, 5) is 11.1. The van der Waals surface area contributed by atoms with Crippen LogP contribution in [0.1, 0.15) is 31.9 Å². The number of benzene rings is 1. The molecule has 3 nitrogen and oxygen atoms in total. The first kappa shape index (κ1) is 13.0. The smallest absolute Gasteiger partial charge is 0.234 e. The van der Waals surface area contributed by atoms with Gasteiger partial charge in [0.2, 0.25) is 5.91 Å². The minimum absolute atomic E-state index is 0.0520. The molecule has 0 heterocycles. The van der Waals surface area contributed by atoms with Crippen LogP contribution in [0.5, 0.6) is 0 Å². The molecule has 16 heavy (non-hydrogen) atoms. The van der Waals surface area contributed by atoms with Crippen LogP contribution in [0, 0.1) is 0 Å². The number of hydrogen-bond acceptors (Lipinski definition) is 2. The van der Waals surface area contributed by atoms with E-state index in [1.807, 2.05) is 38.1 Å². The van der Waals surface area contributed by atoms with Gasteiger partial charge in [0.05, 0.1) is 6.04 Å². The molecule has 0 aromatic heterocycles. The molecule has 1 rings (SSSR count). The highest BCUT2D eigenvalue weighted by atomic mass is 35.5. The van der Waals surface area contributed by atoms with Crippen LogP contribution in [0.25, 0.3) is 0 Å². The fourth-order valence-electron chi connectivity index (χ4n) is 1.58. The molecular weight excluding hydrogens is 224 g/mol. The molecule has 0 saturated carbocycles. The Morgan fingerprint density at radius 1 is 1.56 bits per heavy atom. The number of nitrogens with two attached hydrogens (primary N) is 1. The fraction of sp³-hybridized carbons (Fsp3) is 0.417. The molecule has 0 saturated heterocycles. The molecule has 4 heteroatoms. The molecule has 1 amide bonds. The fourth-order valence-corrected chi connectivity index (χ4v) is 1.77. The number of rotatable bonds is 5. The molecular formula is C12H17ClN2O. The number of carbonyl (C=O) groups excluding carboxylic acids is 1. The van der Waals surface area contributed by atoms with Crippen molar-refractivity contribution in [1.82, 2.24) is 5.32 Å². The van der Waals surface area contributed by atoms with Crippen LogP contribution < -0.4 is 11.1 Å². The van der Waals surface area contributed by atoms with Gasteiger partial charge in [0.1, 0.15) is 0 Å². The van der Waals surface area contributed by atoms with Gasteiger partial charge in [-0.15, -0.1) is 0 Å². The molecule has 1 aromatic rings. The lowest BCUT2D eigenvalue weighted by atomic mass is 10.1. The average molecular weight is 241 g/mol. The Morgan fingerprint density at radius 3 is 2.75 bits per heavy atom. The van der Waals surface area contributed by atoms with E-state index in [9.17, 15) is 4.79 Å². The largest absolute Gasteiger partial charge is 0.368 e. The molecule has 1 unspecified atom stereocenters. The first-order valence-electron chi connectivity index (χ1n) is 5.35. The highest BCUT2D eigenvalue weighted by Crippen LogP contribution is 2.18. The van der Waals surface area contributed by atoms with Crippen molar-refractivity contribution in [2.75, 3.05) is 0 Å². The van der Waals surface area contributed by atoms with Crippen LogP contribution >= 0.6 is 11.6 Å². The van der Waals surface area contributed by atoms with Gasteiger partial charge in [-0.25, -0.2) is 0 Å². The second-order valence-electron chi connectivity index (χ2n) is 3.81. The van der Waals surface area contributed by atoms with E-state index in [0.717, 1.165) is 5.56 Å². The maximum Gasteiger partial charge on any atom is 0.234 e. The Bertz CT molecular complexity index is 368. The molecule has 0 aliphatic rings. The van der Waals surface area contributed by atoms with Gasteiger partial charge in [-0.05, 0) is 31.0 Å². The molecule has 3 N–H and O–H groups in total. The Hall–Kier alpha value is -1.06. The van der Waals surface area contributed by atoms with E-state index in [2.05, 4.69) is 5.32 Å². The zero-order valence-electron chi connectivity index (χ0n) is 9.53. The zero-order chi connectivity index (χ0) is 12.1. The molecule has 88 valence electrons. The quantitative estimate of drug-likeness (QED) is 0.830. The molecule has 0 aliphatic carbocycles. The van der Waals surface area contributed by atoms with E-state index in [0.29, 0.717) is 11.4 Å². The zero-order valence-corrected chi connectivity index (χ0v) is 10.3. The Balaban J connectivity index is 2.71. The van der Waals surface area contributed by atoms with Crippen molar-refractivity contribution in [3.8, 4) is 0 Å². The third-order valence-corrected chi connectivity index (χ3v) is 2.79. The van der Waals surface area contributed by atoms with Crippen LogP contribution in [0.4, 0.5) is 0 Å². The van der Waals surface area contributed by atoms with E-state index in [1.165, 1.54) is 0 Å². The van der Waals surface area contributed by atoms with E-state index in [1.54, 1.807) is 0 Å². The van der Waals surface area contributed by atoms with Gasteiger partial charge >= 0.3 is 0 Å². The minimum Gasteiger partial charge on any atom is -0.368 e. The summed E-state index contributed by atoms with van der Waals surface area (Å²) in [5.74, 6) is -0.323. The first-order valence-corrected chi connectivity index (χ1v) is 5.73. The van der Waals surface area contributed by atoms with Crippen LogP contribution in [0.3, 0.4) is 0 Å². The number of amides is 1. The SMILES string of the molecule is CCC(N[C@H](C)c1cccc(Cl)c1)C(N)=O. The van der Waals surface area contributed by atoms with Crippen molar-refractivity contribution in [2.45, 2.75) is 32.4 Å². The Kier molecular flexibility index (Phi) is 4.77. The van der Waals surface area contributed by atoms with E-state index in [4.69, 9.17) is 17.3 Å². The molecule has 0 radical (unpaired) electrons. The monoisotopic (exact) mass is 240 g/mol. The summed E-state index contributed by atoms with van der Waals surface area (Å²) in [6, 6.07) is 7.32. The summed E-state index contributed by atoms with van der Waals surface area (Å²) in [6.45, 7) is 3.91. The van der Waals surface area contributed by atoms with Crippen LogP contribution in [0.2, 0.25) is 5.02 Å². The molecule has 0 spiro atoms. The minimum atomic E-state index is -0.323. The van der Waals surface area contributed by atoms with E-state index >= 15 is 0 Å². The normalized spacial score (nSPS) is 14.4. The summed E-state index contributed by atoms with van der Waals surface area (Å²) >= 11 is 5.90. The number of nitrogens with one attached hydrogen (secondary N) is 1. The second kappa shape index (κ2) is 5.87. The second-order valence-corrected chi connectivity index (χ2v) is 4.24. The van der Waals surface area contributed by atoms with Crippen molar-refractivity contribution in [2.24, 2.45) is 5.73 Å². The summed E-state index contributed by atoms with van der Waals surface area (Å²) in [5, 5.41) is 3.87. The summed E-state index contributed by atoms with van der Waals surface area (Å²) < 4.78 is 0. The first-order chi connectivity index (χ1) is 7.54. The van der Waals surface area contributed by atoms with Gasteiger partial charge in [-0.1, -0.05) is 30.7 Å². The number of halogens is 1. The third kappa shape index (κ3) is 3.51. The topological polar surface area (TPSA) is 55.1 Å². The van der Waals surface area contributed by atoms with Crippen molar-refractivity contribution in [3.05, 3.63) is 34.9 Å². The predicted octanol–water partition coefficient (Wildman–Crippen LogP) is 2.25. The number of carbonyl (C=O) groups is 1. The van der Waals surface area contributed by atoms with Gasteiger partial charge in [0, 0.05) is 11.1 Å². The van der Waals surface area contributed by atoms with E-state index in [-0.39, 0.29) is 18.0 Å². The highest BCUT2D eigenvalue weighted by Gasteiger charge is 2.16. The van der Waals surface area contributed by atoms with Crippen LogP contribution in [-0.4, -0.2) is 11.9 Å². The molecule has 0 aliphatic heterocycles.